The molecular formula is C22H23ClN2O5S. The lowest BCUT2D eigenvalue weighted by molar-refractivity contribution is -0.127. The highest BCUT2D eigenvalue weighted by atomic mass is 35.5. The zero-order valence-electron chi connectivity index (χ0n) is 17.1. The van der Waals surface area contributed by atoms with Gasteiger partial charge in [-0.15, -0.1) is 11.8 Å². The number of ether oxygens (including phenoxy) is 2. The second-order valence-electron chi connectivity index (χ2n) is 6.85. The van der Waals surface area contributed by atoms with E-state index in [1.165, 1.54) is 18.9 Å². The number of thioether (sulfide) groups is 1. The molecule has 164 valence electrons. The Kier molecular flexibility index (Phi) is 8.20. The van der Waals surface area contributed by atoms with E-state index in [2.05, 4.69) is 5.32 Å². The molecule has 2 amide bonds. The number of carbonyl (C=O) groups excluding carboxylic acids is 3. The van der Waals surface area contributed by atoms with Crippen LogP contribution in [0.25, 0.3) is 0 Å². The Bertz CT molecular complexity index is 963. The van der Waals surface area contributed by atoms with Crippen LogP contribution >= 0.6 is 23.4 Å². The number of nitrogens with one attached hydrogen (secondary N) is 1. The van der Waals surface area contributed by atoms with Gasteiger partial charge in [-0.3, -0.25) is 9.59 Å². The van der Waals surface area contributed by atoms with Crippen LogP contribution in [0, 0.1) is 0 Å². The molecule has 0 bridgehead atoms. The Morgan fingerprint density at radius 2 is 1.87 bits per heavy atom. The number of hydrogen-bond donors (Lipinski definition) is 1. The van der Waals surface area contributed by atoms with Crippen LogP contribution in [-0.2, 0) is 14.3 Å². The fourth-order valence-corrected chi connectivity index (χ4v) is 4.31. The highest BCUT2D eigenvalue weighted by molar-refractivity contribution is 8.00. The maximum absolute atomic E-state index is 12.5. The van der Waals surface area contributed by atoms with Gasteiger partial charge in [-0.2, -0.15) is 0 Å². The van der Waals surface area contributed by atoms with E-state index in [4.69, 9.17) is 21.1 Å². The summed E-state index contributed by atoms with van der Waals surface area (Å²) in [6.07, 6.45) is 2.06. The van der Waals surface area contributed by atoms with Crippen molar-refractivity contribution in [3.05, 3.63) is 53.1 Å². The number of methoxy groups -OCH3 is 1. The van der Waals surface area contributed by atoms with Gasteiger partial charge in [0.25, 0.3) is 5.91 Å². The van der Waals surface area contributed by atoms with Gasteiger partial charge in [-0.05, 0) is 43.2 Å². The first-order valence-corrected chi connectivity index (χ1v) is 11.1. The van der Waals surface area contributed by atoms with Crippen molar-refractivity contribution in [2.45, 2.75) is 17.7 Å². The summed E-state index contributed by atoms with van der Waals surface area (Å²) in [5.74, 6) is -0.321. The highest BCUT2D eigenvalue weighted by Crippen LogP contribution is 2.27. The van der Waals surface area contributed by atoms with E-state index in [0.29, 0.717) is 26.9 Å². The molecule has 0 spiro atoms. The van der Waals surface area contributed by atoms with Gasteiger partial charge in [0.1, 0.15) is 5.75 Å². The van der Waals surface area contributed by atoms with E-state index in [9.17, 15) is 14.4 Å². The molecule has 0 radical (unpaired) electrons. The SMILES string of the molecule is COc1ccc(NC(=O)COC(=O)c2ccccc2SCC(=O)N2CCCC2)cc1Cl. The van der Waals surface area contributed by atoms with Gasteiger partial charge in [0, 0.05) is 23.7 Å². The lowest BCUT2D eigenvalue weighted by atomic mass is 10.2. The summed E-state index contributed by atoms with van der Waals surface area (Å²) in [6.45, 7) is 1.13. The summed E-state index contributed by atoms with van der Waals surface area (Å²) in [6, 6.07) is 11.7. The molecule has 2 aromatic rings. The summed E-state index contributed by atoms with van der Waals surface area (Å²) in [5.41, 5.74) is 0.783. The summed E-state index contributed by atoms with van der Waals surface area (Å²) in [4.78, 5) is 39.4. The molecule has 0 aromatic heterocycles. The maximum atomic E-state index is 12.5. The zero-order chi connectivity index (χ0) is 22.2. The largest absolute Gasteiger partial charge is 0.495 e. The Morgan fingerprint density at radius 3 is 2.58 bits per heavy atom. The molecule has 1 aliphatic rings. The summed E-state index contributed by atoms with van der Waals surface area (Å²) < 4.78 is 10.2. The van der Waals surface area contributed by atoms with Crippen molar-refractivity contribution in [3.8, 4) is 5.75 Å². The second kappa shape index (κ2) is 11.1. The predicted octanol–water partition coefficient (Wildman–Crippen LogP) is 3.86. The van der Waals surface area contributed by atoms with Gasteiger partial charge in [0.2, 0.25) is 5.91 Å². The van der Waals surface area contributed by atoms with Crippen LogP contribution in [0.15, 0.2) is 47.4 Å². The molecule has 0 aliphatic carbocycles. The number of halogens is 1. The van der Waals surface area contributed by atoms with Crippen molar-refractivity contribution in [1.82, 2.24) is 4.90 Å². The van der Waals surface area contributed by atoms with Crippen LogP contribution in [-0.4, -0.2) is 55.2 Å². The molecule has 7 nitrogen and oxygen atoms in total. The molecule has 1 fully saturated rings. The van der Waals surface area contributed by atoms with E-state index in [0.717, 1.165) is 25.9 Å². The number of likely N-dealkylation sites (tertiary alicyclic amines) is 1. The molecule has 0 saturated carbocycles. The van der Waals surface area contributed by atoms with Gasteiger partial charge in [-0.25, -0.2) is 4.79 Å². The lowest BCUT2D eigenvalue weighted by Gasteiger charge is -2.15. The summed E-state index contributed by atoms with van der Waals surface area (Å²) in [5, 5.41) is 2.97. The molecule has 31 heavy (non-hydrogen) atoms. The number of carbonyl (C=O) groups is 3. The molecule has 1 aliphatic heterocycles. The van der Waals surface area contributed by atoms with Gasteiger partial charge >= 0.3 is 5.97 Å². The van der Waals surface area contributed by atoms with Crippen LogP contribution in [0.1, 0.15) is 23.2 Å². The Hall–Kier alpha value is -2.71. The Labute approximate surface area is 190 Å². The van der Waals surface area contributed by atoms with Crippen LogP contribution in [0.3, 0.4) is 0 Å². The normalized spacial score (nSPS) is 13.0. The van der Waals surface area contributed by atoms with Gasteiger partial charge in [0.05, 0.1) is 23.4 Å². The third-order valence-corrected chi connectivity index (χ3v) is 6.04. The minimum Gasteiger partial charge on any atom is -0.495 e. The average molecular weight is 463 g/mol. The van der Waals surface area contributed by atoms with Crippen LogP contribution in [0.2, 0.25) is 5.02 Å². The Balaban J connectivity index is 1.53. The number of amides is 2. The van der Waals surface area contributed by atoms with Crippen molar-refractivity contribution in [2.24, 2.45) is 0 Å². The molecule has 2 aromatic carbocycles. The van der Waals surface area contributed by atoms with E-state index in [1.54, 1.807) is 42.5 Å². The van der Waals surface area contributed by atoms with Crippen molar-refractivity contribution < 1.29 is 23.9 Å². The molecule has 1 N–H and O–H groups in total. The minimum absolute atomic E-state index is 0.0585. The topological polar surface area (TPSA) is 84.9 Å². The standard InChI is InChI=1S/C22H23ClN2O5S/c1-29-18-9-8-15(12-17(18)23)24-20(26)13-30-22(28)16-6-2-3-7-19(16)31-14-21(27)25-10-4-5-11-25/h2-3,6-9,12H,4-5,10-11,13-14H2,1H3,(H,24,26). The third kappa shape index (κ3) is 6.38. The highest BCUT2D eigenvalue weighted by Gasteiger charge is 2.20. The molecule has 1 heterocycles. The molecule has 0 unspecified atom stereocenters. The molecule has 3 rings (SSSR count). The van der Waals surface area contributed by atoms with Crippen molar-refractivity contribution in [3.63, 3.8) is 0 Å². The Morgan fingerprint density at radius 1 is 1.13 bits per heavy atom. The van der Waals surface area contributed by atoms with Gasteiger partial charge in [0.15, 0.2) is 6.61 Å². The molecule has 9 heteroatoms. The minimum atomic E-state index is -0.625. The van der Waals surface area contributed by atoms with E-state index in [-0.39, 0.29) is 11.7 Å². The predicted molar refractivity (Wildman–Crippen MR) is 120 cm³/mol. The lowest BCUT2D eigenvalue weighted by Crippen LogP contribution is -2.29. The number of benzene rings is 2. The average Bonchev–Trinajstić information content (AvgIpc) is 3.31. The first kappa shape index (κ1) is 23.0. The molecular weight excluding hydrogens is 440 g/mol. The third-order valence-electron chi connectivity index (χ3n) is 4.69. The van der Waals surface area contributed by atoms with E-state index in [1.807, 2.05) is 4.90 Å². The van der Waals surface area contributed by atoms with Gasteiger partial charge < -0.3 is 19.7 Å². The first-order chi connectivity index (χ1) is 15.0. The van der Waals surface area contributed by atoms with E-state index >= 15 is 0 Å². The quantitative estimate of drug-likeness (QED) is 0.473. The second-order valence-corrected chi connectivity index (χ2v) is 8.27. The molecule has 0 atom stereocenters. The van der Waals surface area contributed by atoms with Crippen molar-refractivity contribution >= 4 is 46.8 Å². The fraction of sp³-hybridized carbons (Fsp3) is 0.318. The fourth-order valence-electron chi connectivity index (χ4n) is 3.11. The number of hydrogen-bond acceptors (Lipinski definition) is 6. The van der Waals surface area contributed by atoms with Crippen LogP contribution in [0.5, 0.6) is 5.75 Å². The summed E-state index contributed by atoms with van der Waals surface area (Å²) in [7, 11) is 1.50. The molecule has 1 saturated heterocycles. The van der Waals surface area contributed by atoms with Crippen LogP contribution < -0.4 is 10.1 Å². The van der Waals surface area contributed by atoms with E-state index < -0.39 is 18.5 Å². The van der Waals surface area contributed by atoms with Crippen molar-refractivity contribution in [2.75, 3.05) is 37.9 Å². The number of nitrogens with zero attached hydrogens (tertiary/aromatic N) is 1. The van der Waals surface area contributed by atoms with Crippen LogP contribution in [0.4, 0.5) is 5.69 Å². The number of esters is 1. The van der Waals surface area contributed by atoms with Crippen molar-refractivity contribution in [1.29, 1.82) is 0 Å². The van der Waals surface area contributed by atoms with Gasteiger partial charge in [-0.1, -0.05) is 23.7 Å². The zero-order valence-corrected chi connectivity index (χ0v) is 18.6. The maximum Gasteiger partial charge on any atom is 0.339 e. The summed E-state index contributed by atoms with van der Waals surface area (Å²) >= 11 is 7.33. The smallest absolute Gasteiger partial charge is 0.339 e. The first-order valence-electron chi connectivity index (χ1n) is 9.78. The monoisotopic (exact) mass is 462 g/mol. The number of rotatable bonds is 8. The number of anilines is 1.